The van der Waals surface area contributed by atoms with Crippen molar-refractivity contribution in [2.24, 2.45) is 5.92 Å². The molecule has 1 aliphatic rings. The van der Waals surface area contributed by atoms with Gasteiger partial charge in [-0.05, 0) is 50.6 Å². The number of piperidine rings is 1. The van der Waals surface area contributed by atoms with E-state index in [1.54, 1.807) is 14.2 Å². The lowest BCUT2D eigenvalue weighted by Crippen LogP contribution is -2.39. The SMILES string of the molecule is COc1ccc(C(C)NC(=O)C2CCNCC2)cc1OC. The average molecular weight is 292 g/mol. The van der Waals surface area contributed by atoms with Crippen LogP contribution in [0.2, 0.25) is 0 Å². The van der Waals surface area contributed by atoms with E-state index in [2.05, 4.69) is 10.6 Å². The van der Waals surface area contributed by atoms with Crippen LogP contribution in [0.25, 0.3) is 0 Å². The molecule has 2 rings (SSSR count). The zero-order valence-electron chi connectivity index (χ0n) is 12.9. The first-order valence-electron chi connectivity index (χ1n) is 7.38. The van der Waals surface area contributed by atoms with Crippen molar-refractivity contribution in [2.75, 3.05) is 27.3 Å². The predicted molar refractivity (Wildman–Crippen MR) is 81.7 cm³/mol. The molecule has 1 heterocycles. The highest BCUT2D eigenvalue weighted by atomic mass is 16.5. The summed E-state index contributed by atoms with van der Waals surface area (Å²) in [5.74, 6) is 1.63. The summed E-state index contributed by atoms with van der Waals surface area (Å²) in [4.78, 5) is 12.3. The zero-order valence-corrected chi connectivity index (χ0v) is 12.9. The Morgan fingerprint density at radius 2 is 1.90 bits per heavy atom. The average Bonchev–Trinajstić information content (AvgIpc) is 2.54. The highest BCUT2D eigenvalue weighted by molar-refractivity contribution is 5.79. The molecule has 0 aliphatic carbocycles. The van der Waals surface area contributed by atoms with E-state index in [0.29, 0.717) is 11.5 Å². The van der Waals surface area contributed by atoms with Crippen molar-refractivity contribution in [3.8, 4) is 11.5 Å². The normalized spacial score (nSPS) is 17.1. The molecule has 1 atom stereocenters. The van der Waals surface area contributed by atoms with Crippen LogP contribution in [0, 0.1) is 5.92 Å². The van der Waals surface area contributed by atoms with E-state index in [1.807, 2.05) is 25.1 Å². The summed E-state index contributed by atoms with van der Waals surface area (Å²) < 4.78 is 10.5. The fourth-order valence-corrected chi connectivity index (χ4v) is 2.62. The van der Waals surface area contributed by atoms with Crippen LogP contribution in [0.15, 0.2) is 18.2 Å². The first-order valence-corrected chi connectivity index (χ1v) is 7.38. The zero-order chi connectivity index (χ0) is 15.2. The molecular formula is C16H24N2O3. The number of benzene rings is 1. The molecule has 21 heavy (non-hydrogen) atoms. The summed E-state index contributed by atoms with van der Waals surface area (Å²) in [7, 11) is 3.22. The number of carbonyl (C=O) groups is 1. The van der Waals surface area contributed by atoms with Gasteiger partial charge in [-0.15, -0.1) is 0 Å². The van der Waals surface area contributed by atoms with Gasteiger partial charge in [0.25, 0.3) is 0 Å². The van der Waals surface area contributed by atoms with E-state index in [9.17, 15) is 4.79 Å². The Balaban J connectivity index is 2.02. The lowest BCUT2D eigenvalue weighted by atomic mass is 9.96. The van der Waals surface area contributed by atoms with Gasteiger partial charge in [-0.1, -0.05) is 6.07 Å². The van der Waals surface area contributed by atoms with E-state index in [1.165, 1.54) is 0 Å². The molecule has 2 N–H and O–H groups in total. The predicted octanol–water partition coefficient (Wildman–Crippen LogP) is 1.88. The van der Waals surface area contributed by atoms with Crippen LogP contribution in [-0.2, 0) is 4.79 Å². The molecule has 116 valence electrons. The molecule has 0 radical (unpaired) electrons. The monoisotopic (exact) mass is 292 g/mol. The summed E-state index contributed by atoms with van der Waals surface area (Å²) in [5, 5.41) is 6.36. The van der Waals surface area contributed by atoms with Crippen molar-refractivity contribution in [1.29, 1.82) is 0 Å². The molecule has 0 saturated carbocycles. The Labute approximate surface area is 126 Å². The highest BCUT2D eigenvalue weighted by Gasteiger charge is 2.22. The summed E-state index contributed by atoms with van der Waals surface area (Å²) in [5.41, 5.74) is 1.01. The number of rotatable bonds is 5. The van der Waals surface area contributed by atoms with Crippen molar-refractivity contribution in [3.05, 3.63) is 23.8 Å². The fourth-order valence-electron chi connectivity index (χ4n) is 2.62. The third-order valence-electron chi connectivity index (χ3n) is 3.98. The van der Waals surface area contributed by atoms with E-state index < -0.39 is 0 Å². The number of ether oxygens (including phenoxy) is 2. The molecule has 1 aromatic rings. The van der Waals surface area contributed by atoms with Gasteiger partial charge in [0.1, 0.15) is 0 Å². The van der Waals surface area contributed by atoms with Gasteiger partial charge in [-0.25, -0.2) is 0 Å². The largest absolute Gasteiger partial charge is 0.493 e. The maximum atomic E-state index is 12.3. The minimum absolute atomic E-state index is 0.0489. The molecule has 1 amide bonds. The van der Waals surface area contributed by atoms with Crippen LogP contribution in [0.5, 0.6) is 11.5 Å². The van der Waals surface area contributed by atoms with E-state index in [4.69, 9.17) is 9.47 Å². The number of amides is 1. The number of hydrogen-bond donors (Lipinski definition) is 2. The molecule has 1 fully saturated rings. The minimum atomic E-state index is -0.0489. The van der Waals surface area contributed by atoms with Gasteiger partial charge < -0.3 is 20.1 Å². The van der Waals surface area contributed by atoms with Crippen molar-refractivity contribution in [3.63, 3.8) is 0 Å². The molecule has 5 nitrogen and oxygen atoms in total. The molecule has 0 bridgehead atoms. The van der Waals surface area contributed by atoms with Crippen molar-refractivity contribution < 1.29 is 14.3 Å². The maximum absolute atomic E-state index is 12.3. The second kappa shape index (κ2) is 7.31. The summed E-state index contributed by atoms with van der Waals surface area (Å²) >= 11 is 0. The lowest BCUT2D eigenvalue weighted by Gasteiger charge is -2.24. The van der Waals surface area contributed by atoms with Crippen LogP contribution < -0.4 is 20.1 Å². The van der Waals surface area contributed by atoms with E-state index in [0.717, 1.165) is 31.5 Å². The first kappa shape index (κ1) is 15.6. The maximum Gasteiger partial charge on any atom is 0.223 e. The van der Waals surface area contributed by atoms with Gasteiger partial charge in [0.05, 0.1) is 20.3 Å². The quantitative estimate of drug-likeness (QED) is 0.870. The number of methoxy groups -OCH3 is 2. The number of carbonyl (C=O) groups excluding carboxylic acids is 1. The number of hydrogen-bond acceptors (Lipinski definition) is 4. The highest BCUT2D eigenvalue weighted by Crippen LogP contribution is 2.30. The van der Waals surface area contributed by atoms with Crippen LogP contribution in [0.1, 0.15) is 31.4 Å². The molecule has 5 heteroatoms. The Morgan fingerprint density at radius 3 is 2.52 bits per heavy atom. The summed E-state index contributed by atoms with van der Waals surface area (Å²) in [6.07, 6.45) is 1.81. The third kappa shape index (κ3) is 3.88. The smallest absolute Gasteiger partial charge is 0.223 e. The van der Waals surface area contributed by atoms with Gasteiger partial charge in [0.2, 0.25) is 5.91 Å². The second-order valence-corrected chi connectivity index (χ2v) is 5.37. The van der Waals surface area contributed by atoms with Crippen LogP contribution in [0.4, 0.5) is 0 Å². The van der Waals surface area contributed by atoms with Crippen LogP contribution in [0.3, 0.4) is 0 Å². The molecule has 1 aliphatic heterocycles. The van der Waals surface area contributed by atoms with Gasteiger partial charge in [-0.3, -0.25) is 4.79 Å². The van der Waals surface area contributed by atoms with E-state index in [-0.39, 0.29) is 17.9 Å². The fraction of sp³-hybridized carbons (Fsp3) is 0.562. The Kier molecular flexibility index (Phi) is 5.44. The Bertz CT molecular complexity index is 484. The molecule has 0 aromatic heterocycles. The summed E-state index contributed by atoms with van der Waals surface area (Å²) in [6, 6.07) is 5.68. The van der Waals surface area contributed by atoms with Gasteiger partial charge in [0, 0.05) is 5.92 Å². The van der Waals surface area contributed by atoms with E-state index >= 15 is 0 Å². The molecule has 1 saturated heterocycles. The van der Waals surface area contributed by atoms with Crippen molar-refractivity contribution in [2.45, 2.75) is 25.8 Å². The molecule has 0 spiro atoms. The third-order valence-corrected chi connectivity index (χ3v) is 3.98. The Morgan fingerprint density at radius 1 is 1.24 bits per heavy atom. The van der Waals surface area contributed by atoms with Gasteiger partial charge in [0.15, 0.2) is 11.5 Å². The van der Waals surface area contributed by atoms with Gasteiger partial charge >= 0.3 is 0 Å². The molecular weight excluding hydrogens is 268 g/mol. The standard InChI is InChI=1S/C16H24N2O3/c1-11(18-16(19)12-6-8-17-9-7-12)13-4-5-14(20-2)15(10-13)21-3/h4-5,10-12,17H,6-9H2,1-3H3,(H,18,19). The van der Waals surface area contributed by atoms with Crippen molar-refractivity contribution in [1.82, 2.24) is 10.6 Å². The lowest BCUT2D eigenvalue weighted by molar-refractivity contribution is -0.126. The second-order valence-electron chi connectivity index (χ2n) is 5.37. The molecule has 1 unspecified atom stereocenters. The molecule has 1 aromatic carbocycles. The first-order chi connectivity index (χ1) is 10.2. The van der Waals surface area contributed by atoms with Crippen LogP contribution in [-0.4, -0.2) is 33.2 Å². The number of nitrogens with one attached hydrogen (secondary N) is 2. The van der Waals surface area contributed by atoms with Gasteiger partial charge in [-0.2, -0.15) is 0 Å². The van der Waals surface area contributed by atoms with Crippen LogP contribution >= 0.6 is 0 Å². The Hall–Kier alpha value is -1.75. The minimum Gasteiger partial charge on any atom is -0.493 e. The topological polar surface area (TPSA) is 59.6 Å². The van der Waals surface area contributed by atoms with Crippen molar-refractivity contribution >= 4 is 5.91 Å². The summed E-state index contributed by atoms with van der Waals surface area (Å²) in [6.45, 7) is 3.83.